The summed E-state index contributed by atoms with van der Waals surface area (Å²) in [5.74, 6) is 0.889. The van der Waals surface area contributed by atoms with Gasteiger partial charge in [0.05, 0.1) is 0 Å². The maximum atomic E-state index is 5.81. The fourth-order valence-corrected chi connectivity index (χ4v) is 2.30. The Morgan fingerprint density at radius 1 is 0.857 bits per heavy atom. The molecule has 0 aliphatic heterocycles. The molecule has 3 rings (SSSR count). The molecule has 0 unspecified atom stereocenters. The number of benzene rings is 3. The van der Waals surface area contributed by atoms with Crippen LogP contribution in [0.25, 0.3) is 11.1 Å². The molecule has 0 bridgehead atoms. The third-order valence-corrected chi connectivity index (χ3v) is 3.48. The van der Waals surface area contributed by atoms with Gasteiger partial charge in [0, 0.05) is 0 Å². The third-order valence-electron chi connectivity index (χ3n) is 3.48. The first-order chi connectivity index (χ1) is 10.3. The molecule has 1 nitrogen and oxygen atoms in total. The van der Waals surface area contributed by atoms with Crippen molar-refractivity contribution in [3.63, 3.8) is 0 Å². The number of ether oxygens (including phenoxy) is 1. The van der Waals surface area contributed by atoms with Crippen LogP contribution in [0, 0.1) is 13.0 Å². The van der Waals surface area contributed by atoms with Gasteiger partial charge in [-0.1, -0.05) is 60.7 Å². The molecule has 1 heteroatoms. The van der Waals surface area contributed by atoms with E-state index in [9.17, 15) is 0 Å². The fraction of sp³-hybridized carbons (Fsp3) is 0.100. The van der Waals surface area contributed by atoms with Gasteiger partial charge in [0.25, 0.3) is 0 Å². The Hall–Kier alpha value is -2.54. The van der Waals surface area contributed by atoms with Gasteiger partial charge >= 0.3 is 0 Å². The Morgan fingerprint density at radius 3 is 2.33 bits per heavy atom. The van der Waals surface area contributed by atoms with Crippen molar-refractivity contribution in [3.8, 4) is 16.9 Å². The first kappa shape index (κ1) is 13.4. The quantitative estimate of drug-likeness (QED) is 0.647. The summed E-state index contributed by atoms with van der Waals surface area (Å²) in [6, 6.07) is 27.7. The highest BCUT2D eigenvalue weighted by Crippen LogP contribution is 2.25. The molecule has 1 radical (unpaired) electrons. The van der Waals surface area contributed by atoms with E-state index >= 15 is 0 Å². The lowest BCUT2D eigenvalue weighted by atomic mass is 10.0. The number of aryl methyl sites for hydroxylation is 1. The van der Waals surface area contributed by atoms with Gasteiger partial charge in [-0.2, -0.15) is 0 Å². The summed E-state index contributed by atoms with van der Waals surface area (Å²) in [6.45, 7) is 2.67. The van der Waals surface area contributed by atoms with Crippen LogP contribution < -0.4 is 4.74 Å². The summed E-state index contributed by atoms with van der Waals surface area (Å²) in [5, 5.41) is 0. The van der Waals surface area contributed by atoms with Gasteiger partial charge in [0.2, 0.25) is 0 Å². The summed E-state index contributed by atoms with van der Waals surface area (Å²) in [4.78, 5) is 0. The Kier molecular flexibility index (Phi) is 4.02. The highest BCUT2D eigenvalue weighted by Gasteiger charge is 2.02. The second-order valence-corrected chi connectivity index (χ2v) is 5.01. The van der Waals surface area contributed by atoms with Gasteiger partial charge in [-0.25, -0.2) is 0 Å². The summed E-state index contributed by atoms with van der Waals surface area (Å²) < 4.78 is 5.81. The Labute approximate surface area is 125 Å². The van der Waals surface area contributed by atoms with Crippen molar-refractivity contribution in [1.82, 2.24) is 0 Å². The van der Waals surface area contributed by atoms with Gasteiger partial charge in [-0.05, 0) is 47.4 Å². The molecule has 0 spiro atoms. The molecular formula is C20H17O. The molecule has 21 heavy (non-hydrogen) atoms. The van der Waals surface area contributed by atoms with Gasteiger partial charge in [-0.3, -0.25) is 0 Å². The van der Waals surface area contributed by atoms with Crippen molar-refractivity contribution in [1.29, 1.82) is 0 Å². The molecule has 0 fully saturated rings. The molecule has 0 aliphatic rings. The van der Waals surface area contributed by atoms with Gasteiger partial charge < -0.3 is 4.74 Å². The van der Waals surface area contributed by atoms with Gasteiger partial charge in [0.1, 0.15) is 12.4 Å². The third kappa shape index (κ3) is 3.32. The van der Waals surface area contributed by atoms with Crippen LogP contribution in [-0.4, -0.2) is 0 Å². The van der Waals surface area contributed by atoms with Gasteiger partial charge in [-0.15, -0.1) is 0 Å². The normalized spacial score (nSPS) is 10.3. The summed E-state index contributed by atoms with van der Waals surface area (Å²) in [6.07, 6.45) is 0. The smallest absolute Gasteiger partial charge is 0.119 e. The van der Waals surface area contributed by atoms with Crippen molar-refractivity contribution in [3.05, 3.63) is 90.0 Å². The lowest BCUT2D eigenvalue weighted by Crippen LogP contribution is -1.94. The SMILES string of the molecule is Cc1[c]cccc1-c1ccc(OCc2ccccc2)cc1. The van der Waals surface area contributed by atoms with Crippen LogP contribution in [0.5, 0.6) is 5.75 Å². The highest BCUT2D eigenvalue weighted by molar-refractivity contribution is 5.67. The summed E-state index contributed by atoms with van der Waals surface area (Å²) in [7, 11) is 0. The Morgan fingerprint density at radius 2 is 1.62 bits per heavy atom. The maximum Gasteiger partial charge on any atom is 0.119 e. The number of hydrogen-bond donors (Lipinski definition) is 0. The van der Waals surface area contributed by atoms with E-state index in [1.807, 2.05) is 42.5 Å². The molecule has 0 aromatic heterocycles. The molecule has 0 heterocycles. The van der Waals surface area contributed by atoms with E-state index in [-0.39, 0.29) is 0 Å². The molecule has 0 atom stereocenters. The molecular weight excluding hydrogens is 256 g/mol. The second-order valence-electron chi connectivity index (χ2n) is 5.01. The molecule has 0 saturated heterocycles. The standard InChI is InChI=1S/C20H17O/c1-16-7-5-6-10-20(16)18-11-13-19(14-12-18)21-15-17-8-3-2-4-9-17/h2-6,8-14H,15H2,1H3. The average molecular weight is 273 g/mol. The van der Waals surface area contributed by atoms with Crippen molar-refractivity contribution in [2.45, 2.75) is 13.5 Å². The first-order valence-electron chi connectivity index (χ1n) is 7.07. The fourth-order valence-electron chi connectivity index (χ4n) is 2.30. The molecule has 3 aromatic carbocycles. The second kappa shape index (κ2) is 6.27. The van der Waals surface area contributed by atoms with Crippen LogP contribution in [-0.2, 0) is 6.61 Å². The van der Waals surface area contributed by atoms with E-state index in [0.717, 1.165) is 11.3 Å². The van der Waals surface area contributed by atoms with Crippen molar-refractivity contribution in [2.24, 2.45) is 0 Å². The zero-order chi connectivity index (χ0) is 14.5. The zero-order valence-electron chi connectivity index (χ0n) is 12.0. The lowest BCUT2D eigenvalue weighted by Gasteiger charge is -2.09. The van der Waals surface area contributed by atoms with E-state index in [1.165, 1.54) is 16.7 Å². The summed E-state index contributed by atoms with van der Waals surface area (Å²) in [5.41, 5.74) is 4.74. The minimum atomic E-state index is 0.596. The monoisotopic (exact) mass is 273 g/mol. The van der Waals surface area contributed by atoms with Gasteiger partial charge in [0.15, 0.2) is 0 Å². The molecule has 3 aromatic rings. The molecule has 103 valence electrons. The van der Waals surface area contributed by atoms with Crippen molar-refractivity contribution >= 4 is 0 Å². The Balaban J connectivity index is 1.71. The predicted molar refractivity (Wildman–Crippen MR) is 86.2 cm³/mol. The topological polar surface area (TPSA) is 9.23 Å². The first-order valence-corrected chi connectivity index (χ1v) is 7.07. The van der Waals surface area contributed by atoms with Crippen LogP contribution in [0.2, 0.25) is 0 Å². The van der Waals surface area contributed by atoms with E-state index in [0.29, 0.717) is 6.61 Å². The molecule has 0 amide bonds. The predicted octanol–water partition coefficient (Wildman–Crippen LogP) is 5.04. The van der Waals surface area contributed by atoms with Crippen LogP contribution in [0.4, 0.5) is 0 Å². The molecule has 0 aliphatic carbocycles. The van der Waals surface area contributed by atoms with Crippen LogP contribution in [0.15, 0.2) is 72.8 Å². The number of hydrogen-bond acceptors (Lipinski definition) is 1. The molecule has 0 saturated carbocycles. The molecule has 0 N–H and O–H groups in total. The summed E-state index contributed by atoms with van der Waals surface area (Å²) >= 11 is 0. The van der Waals surface area contributed by atoms with Crippen LogP contribution in [0.1, 0.15) is 11.1 Å². The van der Waals surface area contributed by atoms with E-state index in [4.69, 9.17) is 4.74 Å². The maximum absolute atomic E-state index is 5.81. The minimum Gasteiger partial charge on any atom is -0.489 e. The largest absolute Gasteiger partial charge is 0.489 e. The van der Waals surface area contributed by atoms with E-state index in [2.05, 4.69) is 43.3 Å². The highest BCUT2D eigenvalue weighted by atomic mass is 16.5. The zero-order valence-corrected chi connectivity index (χ0v) is 12.0. The lowest BCUT2D eigenvalue weighted by molar-refractivity contribution is 0.306. The van der Waals surface area contributed by atoms with E-state index in [1.54, 1.807) is 0 Å². The average Bonchev–Trinajstić information content (AvgIpc) is 2.55. The minimum absolute atomic E-state index is 0.596. The van der Waals surface area contributed by atoms with Crippen molar-refractivity contribution in [2.75, 3.05) is 0 Å². The van der Waals surface area contributed by atoms with Crippen LogP contribution in [0.3, 0.4) is 0 Å². The van der Waals surface area contributed by atoms with Crippen LogP contribution >= 0.6 is 0 Å². The number of rotatable bonds is 4. The van der Waals surface area contributed by atoms with E-state index < -0.39 is 0 Å². The Bertz CT molecular complexity index is 699. The van der Waals surface area contributed by atoms with Crippen molar-refractivity contribution < 1.29 is 4.74 Å².